The van der Waals surface area contributed by atoms with E-state index in [4.69, 9.17) is 0 Å². The van der Waals surface area contributed by atoms with Gasteiger partial charge in [0.1, 0.15) is 5.82 Å². The highest BCUT2D eigenvalue weighted by Gasteiger charge is 2.20. The molecule has 1 aliphatic rings. The molecule has 1 N–H and O–H groups in total. The van der Waals surface area contributed by atoms with Gasteiger partial charge in [-0.3, -0.25) is 0 Å². The molecule has 110 valence electrons. The maximum Gasteiger partial charge on any atom is 0.125 e. The number of nitrogens with one attached hydrogen (secondary N) is 1. The minimum Gasteiger partial charge on any atom is -0.367 e. The van der Waals surface area contributed by atoms with Gasteiger partial charge in [0.25, 0.3) is 0 Å². The number of rotatable bonds is 5. The third kappa shape index (κ3) is 3.08. The van der Waals surface area contributed by atoms with Gasteiger partial charge in [-0.25, -0.2) is 4.39 Å². The highest BCUT2D eigenvalue weighted by Crippen LogP contribution is 2.30. The molecule has 0 atom stereocenters. The Kier molecular flexibility index (Phi) is 4.20. The summed E-state index contributed by atoms with van der Waals surface area (Å²) in [6.07, 6.45) is 2.03. The van der Waals surface area contributed by atoms with Crippen LogP contribution in [0.5, 0.6) is 0 Å². The van der Waals surface area contributed by atoms with Gasteiger partial charge >= 0.3 is 0 Å². The van der Waals surface area contributed by atoms with Crippen LogP contribution in [0.15, 0.2) is 42.5 Å². The Morgan fingerprint density at radius 1 is 1.14 bits per heavy atom. The summed E-state index contributed by atoms with van der Waals surface area (Å²) < 4.78 is 13.5. The third-order valence-corrected chi connectivity index (χ3v) is 4.16. The van der Waals surface area contributed by atoms with Gasteiger partial charge in [-0.2, -0.15) is 0 Å². The first-order valence-corrected chi connectivity index (χ1v) is 7.52. The van der Waals surface area contributed by atoms with Crippen molar-refractivity contribution in [3.63, 3.8) is 0 Å². The third-order valence-electron chi connectivity index (χ3n) is 4.16. The molecule has 0 unspecified atom stereocenters. The number of hydrogen-bond donors (Lipinski definition) is 1. The van der Waals surface area contributed by atoms with Crippen molar-refractivity contribution in [2.45, 2.75) is 19.4 Å². The van der Waals surface area contributed by atoms with E-state index < -0.39 is 0 Å². The molecule has 1 aliphatic heterocycles. The van der Waals surface area contributed by atoms with Crippen molar-refractivity contribution in [3.8, 4) is 0 Å². The van der Waals surface area contributed by atoms with Crippen LogP contribution in [-0.4, -0.2) is 20.1 Å². The van der Waals surface area contributed by atoms with Crippen LogP contribution in [0.2, 0.25) is 0 Å². The van der Waals surface area contributed by atoms with E-state index in [0.717, 1.165) is 38.2 Å². The van der Waals surface area contributed by atoms with Crippen LogP contribution >= 0.6 is 0 Å². The maximum absolute atomic E-state index is 13.5. The maximum atomic E-state index is 13.5. The summed E-state index contributed by atoms with van der Waals surface area (Å²) >= 11 is 0. The number of benzene rings is 2. The predicted molar refractivity (Wildman–Crippen MR) is 85.2 cm³/mol. The van der Waals surface area contributed by atoms with E-state index in [-0.39, 0.29) is 5.82 Å². The molecule has 0 fully saturated rings. The first-order valence-electron chi connectivity index (χ1n) is 7.52. The molecule has 2 aromatic carbocycles. The van der Waals surface area contributed by atoms with E-state index in [9.17, 15) is 4.39 Å². The van der Waals surface area contributed by atoms with Crippen LogP contribution < -0.4 is 10.2 Å². The van der Waals surface area contributed by atoms with Gasteiger partial charge in [0.2, 0.25) is 0 Å². The number of likely N-dealkylation sites (N-methyl/N-ethyl adjacent to an activating group) is 1. The zero-order valence-corrected chi connectivity index (χ0v) is 12.4. The fourth-order valence-electron chi connectivity index (χ4n) is 3.00. The van der Waals surface area contributed by atoms with E-state index in [1.807, 2.05) is 13.1 Å². The summed E-state index contributed by atoms with van der Waals surface area (Å²) in [7, 11) is 1.97. The molecule has 0 saturated heterocycles. The van der Waals surface area contributed by atoms with E-state index >= 15 is 0 Å². The van der Waals surface area contributed by atoms with E-state index in [1.54, 1.807) is 12.1 Å². The molecule has 1 heterocycles. The molecule has 0 aliphatic carbocycles. The Balaban J connectivity index is 1.81. The molecule has 2 aromatic rings. The first-order chi connectivity index (χ1) is 10.3. The van der Waals surface area contributed by atoms with Crippen molar-refractivity contribution in [3.05, 3.63) is 65.0 Å². The van der Waals surface area contributed by atoms with Gasteiger partial charge in [0.15, 0.2) is 0 Å². The average molecular weight is 284 g/mol. The summed E-state index contributed by atoms with van der Waals surface area (Å²) in [5.74, 6) is -0.149. The summed E-state index contributed by atoms with van der Waals surface area (Å²) in [4.78, 5) is 2.29. The molecule has 2 nitrogen and oxygen atoms in total. The molecule has 0 amide bonds. The average Bonchev–Trinajstić information content (AvgIpc) is 2.89. The van der Waals surface area contributed by atoms with Gasteiger partial charge in [-0.05, 0) is 55.3 Å². The van der Waals surface area contributed by atoms with Crippen LogP contribution in [0, 0.1) is 5.82 Å². The highest BCUT2D eigenvalue weighted by molar-refractivity contribution is 5.58. The standard InChI is InChI=1S/C18H21FN2/c1-20-10-8-14-4-2-3-5-16(14)13-21-11-9-15-6-7-17(19)12-18(15)21/h2-7,12,20H,8-11,13H2,1H3. The van der Waals surface area contributed by atoms with Gasteiger partial charge in [0, 0.05) is 18.8 Å². The Bertz CT molecular complexity index is 624. The predicted octanol–water partition coefficient (Wildman–Crippen LogP) is 3.15. The lowest BCUT2D eigenvalue weighted by Crippen LogP contribution is -2.21. The first kappa shape index (κ1) is 14.1. The number of hydrogen-bond acceptors (Lipinski definition) is 2. The minimum absolute atomic E-state index is 0.149. The Labute approximate surface area is 125 Å². The van der Waals surface area contributed by atoms with Crippen LogP contribution in [-0.2, 0) is 19.4 Å². The summed E-state index contributed by atoms with van der Waals surface area (Å²) in [6.45, 7) is 2.80. The lowest BCUT2D eigenvalue weighted by atomic mass is 10.0. The second kappa shape index (κ2) is 6.27. The van der Waals surface area contributed by atoms with Crippen molar-refractivity contribution in [2.24, 2.45) is 0 Å². The van der Waals surface area contributed by atoms with Crippen LogP contribution in [0.4, 0.5) is 10.1 Å². The number of fused-ring (bicyclic) bond motifs is 1. The second-order valence-electron chi connectivity index (χ2n) is 5.57. The summed E-state index contributed by atoms with van der Waals surface area (Å²) in [5, 5.41) is 3.20. The summed E-state index contributed by atoms with van der Waals surface area (Å²) in [6, 6.07) is 13.7. The molecule has 0 spiro atoms. The van der Waals surface area contributed by atoms with Crippen molar-refractivity contribution >= 4 is 5.69 Å². The van der Waals surface area contributed by atoms with Gasteiger partial charge in [-0.1, -0.05) is 30.3 Å². The normalized spacial score (nSPS) is 13.5. The van der Waals surface area contributed by atoms with Crippen LogP contribution in [0.25, 0.3) is 0 Å². The number of nitrogens with zero attached hydrogens (tertiary/aromatic N) is 1. The van der Waals surface area contributed by atoms with Crippen molar-refractivity contribution in [1.29, 1.82) is 0 Å². The number of halogens is 1. The quantitative estimate of drug-likeness (QED) is 0.907. The smallest absolute Gasteiger partial charge is 0.125 e. The zero-order valence-electron chi connectivity index (χ0n) is 12.4. The fourth-order valence-corrected chi connectivity index (χ4v) is 3.00. The van der Waals surface area contributed by atoms with E-state index in [2.05, 4.69) is 34.5 Å². The Morgan fingerprint density at radius 2 is 1.95 bits per heavy atom. The topological polar surface area (TPSA) is 15.3 Å². The zero-order chi connectivity index (χ0) is 14.7. The van der Waals surface area contributed by atoms with Crippen molar-refractivity contribution in [1.82, 2.24) is 5.32 Å². The molecule has 3 rings (SSSR count). The molecular weight excluding hydrogens is 263 g/mol. The monoisotopic (exact) mass is 284 g/mol. The molecular formula is C18H21FN2. The van der Waals surface area contributed by atoms with Crippen molar-refractivity contribution < 1.29 is 4.39 Å². The van der Waals surface area contributed by atoms with Gasteiger partial charge in [0.05, 0.1) is 0 Å². The molecule has 0 radical (unpaired) electrons. The number of anilines is 1. The van der Waals surface area contributed by atoms with Crippen LogP contribution in [0.1, 0.15) is 16.7 Å². The Hall–Kier alpha value is -1.87. The molecule has 0 saturated carbocycles. The van der Waals surface area contributed by atoms with E-state index in [0.29, 0.717) is 0 Å². The minimum atomic E-state index is -0.149. The SMILES string of the molecule is CNCCc1ccccc1CN1CCc2ccc(F)cc21. The van der Waals surface area contributed by atoms with Gasteiger partial charge < -0.3 is 10.2 Å². The Morgan fingerprint density at radius 3 is 2.76 bits per heavy atom. The highest BCUT2D eigenvalue weighted by atomic mass is 19.1. The fraction of sp³-hybridized carbons (Fsp3) is 0.333. The largest absolute Gasteiger partial charge is 0.367 e. The lowest BCUT2D eigenvalue weighted by Gasteiger charge is -2.21. The molecule has 21 heavy (non-hydrogen) atoms. The molecule has 0 bridgehead atoms. The lowest BCUT2D eigenvalue weighted by molar-refractivity contribution is 0.627. The van der Waals surface area contributed by atoms with Gasteiger partial charge in [-0.15, -0.1) is 0 Å². The second-order valence-corrected chi connectivity index (χ2v) is 5.57. The molecule has 3 heteroatoms. The van der Waals surface area contributed by atoms with Crippen molar-refractivity contribution in [2.75, 3.05) is 25.0 Å². The molecule has 0 aromatic heterocycles. The summed E-state index contributed by atoms with van der Waals surface area (Å²) in [5.41, 5.74) is 5.02. The van der Waals surface area contributed by atoms with E-state index in [1.165, 1.54) is 16.7 Å². The van der Waals surface area contributed by atoms with Crippen LogP contribution in [0.3, 0.4) is 0 Å².